The van der Waals surface area contributed by atoms with Crippen molar-refractivity contribution in [2.45, 2.75) is 5.82 Å². The molecule has 0 spiro atoms. The molecule has 1 nitrogen and oxygen atoms in total. The molecule has 0 saturated carbocycles. The minimum absolute atomic E-state index is 0.517. The van der Waals surface area contributed by atoms with E-state index in [9.17, 15) is 0 Å². The normalized spacial score (nSPS) is 15.5. The zero-order chi connectivity index (χ0) is 9.03. The van der Waals surface area contributed by atoms with Crippen LogP contribution >= 0.6 is 4.43 Å². The van der Waals surface area contributed by atoms with Gasteiger partial charge >= 0.3 is 87.1 Å². The van der Waals surface area contributed by atoms with E-state index >= 15 is 0 Å². The summed E-state index contributed by atoms with van der Waals surface area (Å²) in [6.07, 6.45) is 0. The maximum atomic E-state index is 5.56. The molecule has 0 aromatic heterocycles. The molecule has 0 saturated heterocycles. The number of benzene rings is 1. The van der Waals surface area contributed by atoms with Crippen LogP contribution in [0.4, 0.5) is 0 Å². The second-order valence-corrected chi connectivity index (χ2v) is 16.7. The molecule has 0 aliphatic carbocycles. The third kappa shape index (κ3) is 2.33. The van der Waals surface area contributed by atoms with Crippen molar-refractivity contribution in [1.29, 1.82) is 0 Å². The van der Waals surface area contributed by atoms with Crippen LogP contribution < -0.4 is 5.30 Å². The van der Waals surface area contributed by atoms with Gasteiger partial charge in [0.1, 0.15) is 0 Å². The van der Waals surface area contributed by atoms with E-state index < -0.39 is 4.43 Å². The first-order valence-electron chi connectivity index (χ1n) is 3.50. The average molecular weight is 312 g/mol. The van der Waals surface area contributed by atoms with Gasteiger partial charge < -0.3 is 0 Å². The van der Waals surface area contributed by atoms with Crippen LogP contribution in [0.2, 0.25) is 5.82 Å². The first-order chi connectivity index (χ1) is 5.73. The van der Waals surface area contributed by atoms with E-state index in [-0.39, 0.29) is 0 Å². The van der Waals surface area contributed by atoms with E-state index in [4.69, 9.17) is 4.52 Å². The Morgan fingerprint density at radius 1 is 1.33 bits per heavy atom. The zero-order valence-electron chi connectivity index (χ0n) is 7.06. The fourth-order valence-corrected chi connectivity index (χ4v) is 5.80. The predicted molar refractivity (Wildman–Crippen MR) is 57.4 cm³/mol. The fraction of sp³-hybridized carbons (Fsp3) is 0.250. The summed E-state index contributed by atoms with van der Waals surface area (Å²) in [6.45, 7) is 0. The molecule has 0 heterocycles. The molecule has 1 aromatic rings. The van der Waals surface area contributed by atoms with E-state index in [1.54, 1.807) is 7.11 Å². The van der Waals surface area contributed by atoms with Crippen molar-refractivity contribution in [3.63, 3.8) is 0 Å². The van der Waals surface area contributed by atoms with E-state index in [1.807, 2.05) is 6.07 Å². The van der Waals surface area contributed by atoms with Crippen LogP contribution in [0.5, 0.6) is 0 Å². The third-order valence-electron chi connectivity index (χ3n) is 1.55. The van der Waals surface area contributed by atoms with Gasteiger partial charge in [0.2, 0.25) is 0 Å². The monoisotopic (exact) mass is 314 g/mol. The summed E-state index contributed by atoms with van der Waals surface area (Å²) in [5.41, 5.74) is 0. The van der Waals surface area contributed by atoms with Crippen LogP contribution in [0, 0.1) is 0 Å². The van der Waals surface area contributed by atoms with Gasteiger partial charge in [0.15, 0.2) is 0 Å². The molecule has 1 unspecified atom stereocenters. The molecule has 4 heteroatoms. The number of hydrogen-bond donors (Lipinski definition) is 0. The Labute approximate surface area is 87.0 Å². The molecule has 0 radical (unpaired) electrons. The van der Waals surface area contributed by atoms with Gasteiger partial charge in [0, 0.05) is 0 Å². The topological polar surface area (TPSA) is 9.23 Å². The van der Waals surface area contributed by atoms with Crippen molar-refractivity contribution in [1.82, 2.24) is 0 Å². The van der Waals surface area contributed by atoms with Gasteiger partial charge in [-0.25, -0.2) is 0 Å². The maximum absolute atomic E-state index is 5.56. The van der Waals surface area contributed by atoms with Gasteiger partial charge in [-0.05, 0) is 0 Å². The summed E-state index contributed by atoms with van der Waals surface area (Å²) < 4.78 is 4.21. The molecule has 0 amide bonds. The van der Waals surface area contributed by atoms with Crippen molar-refractivity contribution in [3.05, 3.63) is 30.3 Å². The summed E-state index contributed by atoms with van der Waals surface area (Å²) in [5.74, 6) is 2.22. The Morgan fingerprint density at radius 2 is 1.92 bits per heavy atom. The predicted octanol–water partition coefficient (Wildman–Crippen LogP) is 1.64. The van der Waals surface area contributed by atoms with Crippen molar-refractivity contribution >= 4 is 39.3 Å². The fourth-order valence-electron chi connectivity index (χ4n) is 0.896. The summed E-state index contributed by atoms with van der Waals surface area (Å²) in [7, 11) is 1.79. The molecule has 0 aliphatic rings. The molecular formula is C8H11OPSe2. The van der Waals surface area contributed by atoms with Crippen molar-refractivity contribution in [3.8, 4) is 0 Å². The Morgan fingerprint density at radius 3 is 2.33 bits per heavy atom. The summed E-state index contributed by atoms with van der Waals surface area (Å²) in [5, 5.41) is 1.33. The van der Waals surface area contributed by atoms with Gasteiger partial charge in [-0.15, -0.1) is 0 Å². The standard InChI is InChI=1S/C8H11OPSe2/c1-9-10(11,12-2)8-6-4-3-5-7-8/h3-7H,1-2H3. The Kier molecular flexibility index (Phi) is 4.26. The molecule has 0 fully saturated rings. The van der Waals surface area contributed by atoms with Crippen LogP contribution in [0.3, 0.4) is 0 Å². The second kappa shape index (κ2) is 4.77. The summed E-state index contributed by atoms with van der Waals surface area (Å²) >= 11 is 3.74. The van der Waals surface area contributed by atoms with Crippen LogP contribution in [-0.4, -0.2) is 36.7 Å². The second-order valence-electron chi connectivity index (χ2n) is 2.20. The van der Waals surface area contributed by atoms with Gasteiger partial charge in [-0.3, -0.25) is 0 Å². The van der Waals surface area contributed by atoms with Gasteiger partial charge in [-0.1, -0.05) is 0 Å². The van der Waals surface area contributed by atoms with Crippen LogP contribution in [0.25, 0.3) is 0 Å². The molecule has 0 N–H and O–H groups in total. The molecule has 12 heavy (non-hydrogen) atoms. The van der Waals surface area contributed by atoms with Crippen LogP contribution in [0.15, 0.2) is 30.3 Å². The first-order valence-corrected chi connectivity index (χ1v) is 11.4. The van der Waals surface area contributed by atoms with Gasteiger partial charge in [-0.2, -0.15) is 0 Å². The molecule has 1 atom stereocenters. The van der Waals surface area contributed by atoms with Gasteiger partial charge in [0.25, 0.3) is 0 Å². The zero-order valence-corrected chi connectivity index (χ0v) is 11.4. The van der Waals surface area contributed by atoms with Gasteiger partial charge in [0.05, 0.1) is 0 Å². The Bertz CT molecular complexity index is 278. The van der Waals surface area contributed by atoms with Crippen LogP contribution in [0.1, 0.15) is 0 Å². The first kappa shape index (κ1) is 10.7. The molecule has 66 valence electrons. The Hall–Kier alpha value is 0.649. The average Bonchev–Trinajstić information content (AvgIpc) is 2.18. The summed E-state index contributed by atoms with van der Waals surface area (Å²) in [6, 6.07) is 10.4. The minimum atomic E-state index is -1.35. The van der Waals surface area contributed by atoms with E-state index in [1.165, 1.54) is 5.30 Å². The molecule has 0 aliphatic heterocycles. The SMILES string of the molecule is COP(=[Se])([Se]C)c1ccccc1. The van der Waals surface area contributed by atoms with E-state index in [2.05, 4.69) is 45.2 Å². The number of rotatable bonds is 3. The van der Waals surface area contributed by atoms with E-state index in [0.29, 0.717) is 14.5 Å². The number of hydrogen-bond acceptors (Lipinski definition) is 1. The molecule has 1 rings (SSSR count). The van der Waals surface area contributed by atoms with Crippen molar-refractivity contribution in [2.24, 2.45) is 0 Å². The quantitative estimate of drug-likeness (QED) is 0.609. The molecular weight excluding hydrogens is 301 g/mol. The van der Waals surface area contributed by atoms with Crippen LogP contribution in [-0.2, 0) is 4.52 Å². The molecule has 1 aromatic carbocycles. The molecule has 0 bridgehead atoms. The third-order valence-corrected chi connectivity index (χ3v) is 15.9. The van der Waals surface area contributed by atoms with Crippen molar-refractivity contribution < 1.29 is 4.52 Å². The Balaban J connectivity index is 3.04. The summed E-state index contributed by atoms with van der Waals surface area (Å²) in [4.78, 5) is 0. The van der Waals surface area contributed by atoms with Crippen molar-refractivity contribution in [2.75, 3.05) is 7.11 Å². The van der Waals surface area contributed by atoms with E-state index in [0.717, 1.165) is 0 Å².